The normalized spacial score (nSPS) is 18.8. The van der Waals surface area contributed by atoms with Crippen molar-refractivity contribution in [2.24, 2.45) is 22.8 Å². The van der Waals surface area contributed by atoms with Gasteiger partial charge in [0.1, 0.15) is 1.37 Å². The Kier molecular flexibility index (Phi) is 14.0. The van der Waals surface area contributed by atoms with Gasteiger partial charge in [0.05, 0.1) is 0 Å². The summed E-state index contributed by atoms with van der Waals surface area (Å²) in [6, 6.07) is 0. The van der Waals surface area contributed by atoms with E-state index in [1.807, 2.05) is 20.8 Å². The maximum Gasteiger partial charge on any atom is 0.204 e. The molecule has 0 saturated heterocycles. The molecule has 0 bridgehead atoms. The molecule has 0 aromatic carbocycles. The number of carbonyl (C=O) groups excluding carboxylic acids is 1. The average Bonchev–Trinajstić information content (AvgIpc) is 3.26. The maximum absolute atomic E-state index is 8.89. The fraction of sp³-hybridized carbons (Fsp3) is 0.952. The Balaban J connectivity index is 0. The minimum atomic E-state index is -1.08. The Hall–Kier alpha value is -0.610. The number of rotatable bonds is 4. The summed E-state index contributed by atoms with van der Waals surface area (Å²) in [5.41, 5.74) is 9.93. The van der Waals surface area contributed by atoms with Gasteiger partial charge >= 0.3 is 0 Å². The van der Waals surface area contributed by atoms with Crippen molar-refractivity contribution in [2.75, 3.05) is 13.2 Å². The molecule has 0 spiro atoms. The second-order valence-corrected chi connectivity index (χ2v) is 9.24. The predicted molar refractivity (Wildman–Crippen MR) is 110 cm³/mol. The molecular weight excluding hydrogens is 312 g/mol. The molecule has 0 aliphatic heterocycles. The first-order chi connectivity index (χ1) is 12.2. The molecule has 2 aliphatic carbocycles. The molecule has 0 aromatic heterocycles. The smallest absolute Gasteiger partial charge is 0.204 e. The highest BCUT2D eigenvalue weighted by molar-refractivity contribution is 5.42. The molecule has 4 nitrogen and oxygen atoms in total. The highest BCUT2D eigenvalue weighted by Crippen LogP contribution is 2.29. The van der Waals surface area contributed by atoms with E-state index < -0.39 is 6.39 Å². The van der Waals surface area contributed by atoms with Crippen LogP contribution in [0.3, 0.4) is 0 Å². The van der Waals surface area contributed by atoms with Crippen LogP contribution in [0.25, 0.3) is 0 Å². The van der Waals surface area contributed by atoms with E-state index >= 15 is 0 Å². The van der Waals surface area contributed by atoms with Crippen LogP contribution in [0.4, 0.5) is 0 Å². The van der Waals surface area contributed by atoms with Crippen LogP contribution in [-0.4, -0.2) is 25.1 Å². The SMILES string of the molecule is CC(C)(C)CCOCC1CC1.CC(C)(C)N.[2H]C(N)=O.[2H]C1CCCCC1. The van der Waals surface area contributed by atoms with Crippen LogP contribution < -0.4 is 11.5 Å². The average molecular weight is 361 g/mol. The van der Waals surface area contributed by atoms with Gasteiger partial charge in [-0.1, -0.05) is 59.3 Å². The number of hydrogen-bond acceptors (Lipinski definition) is 3. The number of nitrogens with two attached hydrogens (primary N) is 2. The second-order valence-electron chi connectivity index (χ2n) is 9.24. The predicted octanol–water partition coefficient (Wildman–Crippen LogP) is 5.03. The lowest BCUT2D eigenvalue weighted by Crippen LogP contribution is -2.26. The largest absolute Gasteiger partial charge is 0.381 e. The van der Waals surface area contributed by atoms with Crippen LogP contribution in [0.1, 0.15) is 102 Å². The zero-order valence-electron chi connectivity index (χ0n) is 19.7. The van der Waals surface area contributed by atoms with Crippen LogP contribution in [0, 0.1) is 11.3 Å². The molecule has 1 amide bonds. The molecule has 0 radical (unpaired) electrons. The van der Waals surface area contributed by atoms with Crippen molar-refractivity contribution < 1.29 is 12.3 Å². The molecule has 4 N–H and O–H groups in total. The van der Waals surface area contributed by atoms with Gasteiger partial charge in [0.15, 0.2) is 0 Å². The molecule has 0 atom stereocenters. The number of carbonyl (C=O) groups is 1. The first-order valence-corrected chi connectivity index (χ1v) is 9.75. The molecule has 2 aliphatic rings. The Bertz CT molecular complexity index is 346. The van der Waals surface area contributed by atoms with Crippen LogP contribution in [0.5, 0.6) is 0 Å². The molecule has 4 heteroatoms. The highest BCUT2D eigenvalue weighted by atomic mass is 16.5. The van der Waals surface area contributed by atoms with Gasteiger partial charge in [-0.3, -0.25) is 4.79 Å². The van der Waals surface area contributed by atoms with E-state index in [0.29, 0.717) is 5.41 Å². The molecule has 0 aromatic rings. The van der Waals surface area contributed by atoms with Gasteiger partial charge in [0.2, 0.25) is 6.39 Å². The third kappa shape index (κ3) is 39.8. The number of primary amides is 1. The van der Waals surface area contributed by atoms with Gasteiger partial charge in [0, 0.05) is 20.1 Å². The highest BCUT2D eigenvalue weighted by Gasteiger charge is 2.21. The van der Waals surface area contributed by atoms with Gasteiger partial charge in [-0.2, -0.15) is 0 Å². The first-order valence-electron chi connectivity index (χ1n) is 10.8. The minimum Gasteiger partial charge on any atom is -0.381 e. The van der Waals surface area contributed by atoms with Gasteiger partial charge in [-0.15, -0.1) is 0 Å². The molecule has 25 heavy (non-hydrogen) atoms. The van der Waals surface area contributed by atoms with Crippen molar-refractivity contribution in [2.45, 2.75) is 105 Å². The van der Waals surface area contributed by atoms with E-state index in [0.717, 1.165) is 32.0 Å². The summed E-state index contributed by atoms with van der Waals surface area (Å²) in [4.78, 5) is 8.89. The number of amides is 1. The molecular formula is C21H46N2O2. The van der Waals surface area contributed by atoms with Gasteiger partial charge < -0.3 is 16.2 Å². The molecule has 2 fully saturated rings. The van der Waals surface area contributed by atoms with Crippen LogP contribution >= 0.6 is 0 Å². The number of hydrogen-bond donors (Lipinski definition) is 2. The maximum atomic E-state index is 8.89. The van der Waals surface area contributed by atoms with Crippen molar-refractivity contribution in [3.63, 3.8) is 0 Å². The molecule has 0 unspecified atom stereocenters. The summed E-state index contributed by atoms with van der Waals surface area (Å²) in [6.45, 7) is 14.6. The summed E-state index contributed by atoms with van der Waals surface area (Å²) in [7, 11) is 0. The van der Waals surface area contributed by atoms with E-state index in [1.54, 1.807) is 0 Å². The van der Waals surface area contributed by atoms with Gasteiger partial charge in [0.25, 0.3) is 0 Å². The fourth-order valence-electron chi connectivity index (χ4n) is 1.81. The third-order valence-electron chi connectivity index (χ3n) is 3.36. The quantitative estimate of drug-likeness (QED) is 0.545. The molecule has 2 rings (SSSR count). The Morgan fingerprint density at radius 2 is 1.48 bits per heavy atom. The van der Waals surface area contributed by atoms with E-state index in [1.165, 1.54) is 38.5 Å². The van der Waals surface area contributed by atoms with Crippen molar-refractivity contribution >= 4 is 6.39 Å². The summed E-state index contributed by atoms with van der Waals surface area (Å²) < 4.78 is 18.5. The van der Waals surface area contributed by atoms with Crippen molar-refractivity contribution in [1.29, 1.82) is 0 Å². The lowest BCUT2D eigenvalue weighted by atomic mass is 9.93. The van der Waals surface area contributed by atoms with Crippen LogP contribution in [0.2, 0.25) is 0 Å². The first kappa shape index (κ1) is 22.4. The molecule has 0 heterocycles. The Labute approximate surface area is 160 Å². The van der Waals surface area contributed by atoms with E-state index in [2.05, 4.69) is 26.5 Å². The van der Waals surface area contributed by atoms with Crippen LogP contribution in [0.15, 0.2) is 0 Å². The summed E-state index contributed by atoms with van der Waals surface area (Å²) >= 11 is 0. The number of ether oxygens (including phenoxy) is 1. The van der Waals surface area contributed by atoms with Crippen molar-refractivity contribution in [3.05, 3.63) is 0 Å². The summed E-state index contributed by atoms with van der Waals surface area (Å²) in [5, 5.41) is 0. The molecule has 2 saturated carbocycles. The Morgan fingerprint density at radius 1 is 1.08 bits per heavy atom. The topological polar surface area (TPSA) is 78.3 Å². The van der Waals surface area contributed by atoms with E-state index in [4.69, 9.17) is 18.0 Å². The fourth-order valence-corrected chi connectivity index (χ4v) is 1.81. The third-order valence-corrected chi connectivity index (χ3v) is 3.36. The summed E-state index contributed by atoms with van der Waals surface area (Å²) in [5.74, 6) is 0.912. The zero-order chi connectivity index (χ0) is 21.5. The molecule has 152 valence electrons. The van der Waals surface area contributed by atoms with E-state index in [9.17, 15) is 0 Å². The lowest BCUT2D eigenvalue weighted by Gasteiger charge is -2.17. The van der Waals surface area contributed by atoms with Gasteiger partial charge in [-0.25, -0.2) is 0 Å². The Morgan fingerprint density at radius 3 is 1.76 bits per heavy atom. The van der Waals surface area contributed by atoms with E-state index in [-0.39, 0.29) is 11.9 Å². The minimum absolute atomic E-state index is 0. The summed E-state index contributed by atoms with van der Waals surface area (Å²) in [6.07, 6.45) is 9.45. The van der Waals surface area contributed by atoms with Crippen molar-refractivity contribution in [1.82, 2.24) is 0 Å². The second kappa shape index (κ2) is 15.6. The standard InChI is InChI=1S/C10H20O.C6H12.C4H11N.CH3NO/c1-10(2,3)6-7-11-8-9-4-5-9;1-2-4-6-5-3-1;1-4(2,3)5;2-1-3/h9H,4-8H2,1-3H3;1-6H2;5H2,1-3H3;1H,(H2,2,3)/i;1D;;1D. The van der Waals surface area contributed by atoms with Gasteiger partial charge in [-0.05, 0) is 51.4 Å². The van der Waals surface area contributed by atoms with Crippen LogP contribution in [-0.2, 0) is 9.53 Å². The van der Waals surface area contributed by atoms with Crippen molar-refractivity contribution in [3.8, 4) is 0 Å². The lowest BCUT2D eigenvalue weighted by molar-refractivity contribution is -0.106. The zero-order valence-corrected chi connectivity index (χ0v) is 17.7. The monoisotopic (exact) mass is 360 g/mol.